The van der Waals surface area contributed by atoms with E-state index in [1.54, 1.807) is 6.92 Å². The number of fused-ring (bicyclic) bond motifs is 2. The van der Waals surface area contributed by atoms with Gasteiger partial charge in [-0.15, -0.1) is 0 Å². The minimum absolute atomic E-state index is 0.634. The molecule has 2 atom stereocenters. The molecule has 2 aliphatic rings. The SMILES string of the molecule is CC12C=CCCC(C)(C=C1)S2(=O)=O. The van der Waals surface area contributed by atoms with E-state index in [1.165, 1.54) is 0 Å². The first-order valence-electron chi connectivity index (χ1n) is 4.54. The van der Waals surface area contributed by atoms with Crippen LogP contribution in [-0.2, 0) is 9.84 Å². The van der Waals surface area contributed by atoms with Crippen molar-refractivity contribution in [2.45, 2.75) is 36.2 Å². The van der Waals surface area contributed by atoms with Crippen molar-refractivity contribution in [2.75, 3.05) is 0 Å². The molecule has 2 rings (SSSR count). The van der Waals surface area contributed by atoms with Gasteiger partial charge in [-0.1, -0.05) is 24.3 Å². The molecule has 2 aliphatic heterocycles. The molecule has 0 saturated carbocycles. The number of sulfone groups is 1. The molecule has 3 heteroatoms. The summed E-state index contributed by atoms with van der Waals surface area (Å²) in [4.78, 5) is 0. The van der Waals surface area contributed by atoms with Crippen molar-refractivity contribution in [1.29, 1.82) is 0 Å². The summed E-state index contributed by atoms with van der Waals surface area (Å²) >= 11 is 0. The Hall–Kier alpha value is -0.570. The Morgan fingerprint density at radius 3 is 2.54 bits per heavy atom. The fourth-order valence-electron chi connectivity index (χ4n) is 2.07. The highest BCUT2D eigenvalue weighted by Crippen LogP contribution is 2.44. The van der Waals surface area contributed by atoms with Crippen LogP contribution in [0, 0.1) is 0 Å². The van der Waals surface area contributed by atoms with Gasteiger partial charge in [0.2, 0.25) is 0 Å². The molecule has 2 heterocycles. The van der Waals surface area contributed by atoms with Crippen LogP contribution in [0.3, 0.4) is 0 Å². The number of allylic oxidation sites excluding steroid dienone is 1. The second-order valence-corrected chi connectivity index (χ2v) is 7.09. The molecule has 0 aromatic rings. The van der Waals surface area contributed by atoms with E-state index in [0.29, 0.717) is 6.42 Å². The second-order valence-electron chi connectivity index (χ2n) is 4.27. The van der Waals surface area contributed by atoms with E-state index in [4.69, 9.17) is 0 Å². The van der Waals surface area contributed by atoms with Crippen molar-refractivity contribution < 1.29 is 8.42 Å². The van der Waals surface area contributed by atoms with Gasteiger partial charge in [-0.05, 0) is 26.7 Å². The zero-order chi connectivity index (χ0) is 9.74. The monoisotopic (exact) mass is 198 g/mol. The van der Waals surface area contributed by atoms with Crippen LogP contribution < -0.4 is 0 Å². The molecule has 0 N–H and O–H groups in total. The van der Waals surface area contributed by atoms with Gasteiger partial charge < -0.3 is 0 Å². The van der Waals surface area contributed by atoms with Gasteiger partial charge in [-0.2, -0.15) is 0 Å². The molecule has 0 fully saturated rings. The summed E-state index contributed by atoms with van der Waals surface area (Å²) in [5, 5.41) is 0. The van der Waals surface area contributed by atoms with Gasteiger partial charge in [0.1, 0.15) is 4.75 Å². The van der Waals surface area contributed by atoms with Crippen LogP contribution in [0.25, 0.3) is 0 Å². The van der Waals surface area contributed by atoms with Crippen LogP contribution in [0.15, 0.2) is 24.3 Å². The topological polar surface area (TPSA) is 34.1 Å². The van der Waals surface area contributed by atoms with Gasteiger partial charge >= 0.3 is 0 Å². The Bertz CT molecular complexity index is 391. The maximum absolute atomic E-state index is 12.1. The molecule has 0 aliphatic carbocycles. The molecule has 2 bridgehead atoms. The molecule has 2 nitrogen and oxygen atoms in total. The van der Waals surface area contributed by atoms with Crippen molar-refractivity contribution in [2.24, 2.45) is 0 Å². The van der Waals surface area contributed by atoms with E-state index in [1.807, 2.05) is 31.2 Å². The van der Waals surface area contributed by atoms with E-state index < -0.39 is 19.3 Å². The summed E-state index contributed by atoms with van der Waals surface area (Å²) in [5.74, 6) is 0. The average Bonchev–Trinajstić information content (AvgIpc) is 2.15. The van der Waals surface area contributed by atoms with Crippen LogP contribution in [0.2, 0.25) is 0 Å². The van der Waals surface area contributed by atoms with E-state index in [0.717, 1.165) is 6.42 Å². The molecule has 72 valence electrons. The fraction of sp³-hybridized carbons (Fsp3) is 0.600. The van der Waals surface area contributed by atoms with Gasteiger partial charge in [0, 0.05) is 0 Å². The van der Waals surface area contributed by atoms with Crippen molar-refractivity contribution in [3.8, 4) is 0 Å². The molecular formula is C10H14O2S. The molecule has 0 amide bonds. The molecule has 0 spiro atoms. The summed E-state index contributed by atoms with van der Waals surface area (Å²) in [6, 6.07) is 0. The predicted octanol–water partition coefficient (Wildman–Crippen LogP) is 1.84. The highest BCUT2D eigenvalue weighted by atomic mass is 32.2. The molecule has 2 unspecified atom stereocenters. The van der Waals surface area contributed by atoms with E-state index >= 15 is 0 Å². The van der Waals surface area contributed by atoms with Crippen molar-refractivity contribution in [1.82, 2.24) is 0 Å². The first kappa shape index (κ1) is 9.00. The van der Waals surface area contributed by atoms with E-state index in [-0.39, 0.29) is 0 Å². The number of rotatable bonds is 0. The zero-order valence-corrected chi connectivity index (χ0v) is 8.76. The summed E-state index contributed by atoms with van der Waals surface area (Å²) in [6.07, 6.45) is 9.03. The zero-order valence-electron chi connectivity index (χ0n) is 7.95. The average molecular weight is 198 g/mol. The Morgan fingerprint density at radius 1 is 1.15 bits per heavy atom. The molecule has 0 aromatic carbocycles. The van der Waals surface area contributed by atoms with Crippen LogP contribution in [0.1, 0.15) is 26.7 Å². The lowest BCUT2D eigenvalue weighted by Crippen LogP contribution is -2.39. The maximum Gasteiger partial charge on any atom is 0.171 e. The lowest BCUT2D eigenvalue weighted by molar-refractivity contribution is 0.550. The third-order valence-electron chi connectivity index (χ3n) is 3.22. The highest BCUT2D eigenvalue weighted by molar-refractivity contribution is 7.95. The summed E-state index contributed by atoms with van der Waals surface area (Å²) in [6.45, 7) is 3.59. The van der Waals surface area contributed by atoms with E-state index in [9.17, 15) is 8.42 Å². The van der Waals surface area contributed by atoms with Gasteiger partial charge in [-0.25, -0.2) is 8.42 Å². The lowest BCUT2D eigenvalue weighted by atomic mass is 9.98. The molecular weight excluding hydrogens is 184 g/mol. The van der Waals surface area contributed by atoms with Gasteiger partial charge in [-0.3, -0.25) is 0 Å². The third kappa shape index (κ3) is 0.909. The Balaban J connectivity index is 2.69. The molecule has 0 aromatic heterocycles. The maximum atomic E-state index is 12.1. The minimum atomic E-state index is -3.06. The van der Waals surface area contributed by atoms with Gasteiger partial charge in [0.25, 0.3) is 0 Å². The molecule has 13 heavy (non-hydrogen) atoms. The fourth-order valence-corrected chi connectivity index (χ4v) is 4.23. The third-order valence-corrected chi connectivity index (χ3v) is 6.21. The van der Waals surface area contributed by atoms with Crippen molar-refractivity contribution in [3.63, 3.8) is 0 Å². The van der Waals surface area contributed by atoms with Crippen LogP contribution in [0.5, 0.6) is 0 Å². The predicted molar refractivity (Wildman–Crippen MR) is 53.2 cm³/mol. The Kier molecular flexibility index (Phi) is 1.57. The minimum Gasteiger partial charge on any atom is -0.227 e. The van der Waals surface area contributed by atoms with Crippen LogP contribution in [-0.4, -0.2) is 17.9 Å². The normalized spacial score (nSPS) is 46.3. The first-order valence-corrected chi connectivity index (χ1v) is 6.02. The summed E-state index contributed by atoms with van der Waals surface area (Å²) in [5.41, 5.74) is 0. The Morgan fingerprint density at radius 2 is 1.85 bits per heavy atom. The smallest absolute Gasteiger partial charge is 0.171 e. The number of hydrogen-bond acceptors (Lipinski definition) is 2. The van der Waals surface area contributed by atoms with Crippen molar-refractivity contribution in [3.05, 3.63) is 24.3 Å². The molecule has 0 radical (unpaired) electrons. The summed E-state index contributed by atoms with van der Waals surface area (Å²) in [7, 11) is -3.06. The van der Waals surface area contributed by atoms with Gasteiger partial charge in [0.15, 0.2) is 9.84 Å². The second kappa shape index (κ2) is 2.27. The lowest BCUT2D eigenvalue weighted by Gasteiger charge is -2.25. The van der Waals surface area contributed by atoms with Crippen LogP contribution in [0.4, 0.5) is 0 Å². The standard InChI is InChI=1S/C10H14O2S/c1-9-5-3-4-6-10(2,8-7-9)13(9,11)12/h3,5,7-8H,4,6H2,1-2H3. The quantitative estimate of drug-likeness (QED) is 0.556. The first-order chi connectivity index (χ1) is 5.91. The summed E-state index contributed by atoms with van der Waals surface area (Å²) < 4.78 is 22.9. The van der Waals surface area contributed by atoms with Crippen molar-refractivity contribution >= 4 is 9.84 Å². The Labute approximate surface area is 79.3 Å². The van der Waals surface area contributed by atoms with E-state index in [2.05, 4.69) is 0 Å². The highest BCUT2D eigenvalue weighted by Gasteiger charge is 2.52. The number of hydrogen-bond donors (Lipinski definition) is 0. The molecule has 0 saturated heterocycles. The largest absolute Gasteiger partial charge is 0.227 e. The van der Waals surface area contributed by atoms with Crippen LogP contribution >= 0.6 is 0 Å². The van der Waals surface area contributed by atoms with Gasteiger partial charge in [0.05, 0.1) is 4.75 Å².